The molecule has 0 radical (unpaired) electrons. The van der Waals surface area contributed by atoms with Crippen LogP contribution < -0.4 is 5.11 Å². The largest absolute Gasteiger partial charge is 0.550 e. The number of carbonyl (C=O) groups is 2. The summed E-state index contributed by atoms with van der Waals surface area (Å²) in [6, 6.07) is 9.66. The van der Waals surface area contributed by atoms with Crippen molar-refractivity contribution in [3.05, 3.63) is 53.2 Å². The summed E-state index contributed by atoms with van der Waals surface area (Å²) in [6.07, 6.45) is 5.46. The van der Waals surface area contributed by atoms with E-state index in [1.54, 1.807) is 17.0 Å². The van der Waals surface area contributed by atoms with E-state index in [9.17, 15) is 14.7 Å². The molecule has 1 fully saturated rings. The van der Waals surface area contributed by atoms with Gasteiger partial charge in [0.25, 0.3) is 5.91 Å². The van der Waals surface area contributed by atoms with Crippen molar-refractivity contribution >= 4 is 46.3 Å². The minimum atomic E-state index is -1.13. The number of carboxylic acid groups (broad SMARTS) is 1. The number of thioether (sulfide) groups is 1. The fourth-order valence-corrected chi connectivity index (χ4v) is 3.67. The summed E-state index contributed by atoms with van der Waals surface area (Å²) < 4.78 is 2.16. The number of benzene rings is 1. The lowest BCUT2D eigenvalue weighted by Crippen LogP contribution is -2.30. The highest BCUT2D eigenvalue weighted by Crippen LogP contribution is 2.32. The molecule has 8 heteroatoms. The molecule has 0 spiro atoms. The maximum Gasteiger partial charge on any atom is 0.266 e. The van der Waals surface area contributed by atoms with Crippen molar-refractivity contribution in [2.75, 3.05) is 6.54 Å². The first-order valence-corrected chi connectivity index (χ1v) is 8.82. The Morgan fingerprint density at radius 3 is 2.80 bits per heavy atom. The highest BCUT2D eigenvalue weighted by Gasteiger charge is 2.31. The van der Waals surface area contributed by atoms with Gasteiger partial charge in [-0.05, 0) is 31.1 Å². The van der Waals surface area contributed by atoms with Crippen LogP contribution in [0.3, 0.4) is 0 Å². The third kappa shape index (κ3) is 4.15. The van der Waals surface area contributed by atoms with Crippen LogP contribution >= 0.6 is 24.0 Å². The standard InChI is InChI=1S/C17H15N3O3S2/c21-15(22)7-4-8-19-16(23)14(25-17(19)24)9-12-10-18-20(11-12)13-5-2-1-3-6-13/h1-3,5-6,9-11H,4,7-8H2,(H,21,22)/p-1/b14-9+. The number of hydrogen-bond donors (Lipinski definition) is 0. The molecule has 1 saturated heterocycles. The molecule has 1 aromatic heterocycles. The Morgan fingerprint density at radius 1 is 1.32 bits per heavy atom. The van der Waals surface area contributed by atoms with Crippen LogP contribution in [-0.2, 0) is 9.59 Å². The Morgan fingerprint density at radius 2 is 2.08 bits per heavy atom. The average Bonchev–Trinajstić information content (AvgIpc) is 3.16. The van der Waals surface area contributed by atoms with Crippen LogP contribution in [0.1, 0.15) is 18.4 Å². The first-order chi connectivity index (χ1) is 12.0. The number of rotatable bonds is 6. The summed E-state index contributed by atoms with van der Waals surface area (Å²) in [6.45, 7) is 0.277. The van der Waals surface area contributed by atoms with Gasteiger partial charge in [0.2, 0.25) is 0 Å². The van der Waals surface area contributed by atoms with E-state index in [1.807, 2.05) is 36.5 Å². The van der Waals surface area contributed by atoms with E-state index >= 15 is 0 Å². The van der Waals surface area contributed by atoms with Gasteiger partial charge in [0.05, 0.1) is 16.8 Å². The van der Waals surface area contributed by atoms with Crippen molar-refractivity contribution in [3.63, 3.8) is 0 Å². The molecule has 1 aliphatic heterocycles. The lowest BCUT2D eigenvalue weighted by atomic mass is 10.2. The minimum Gasteiger partial charge on any atom is -0.550 e. The fraction of sp³-hybridized carbons (Fsp3) is 0.176. The molecule has 3 rings (SSSR count). The molecule has 0 saturated carbocycles. The Kier molecular flexibility index (Phi) is 5.30. The van der Waals surface area contributed by atoms with Crippen molar-refractivity contribution in [3.8, 4) is 5.69 Å². The predicted octanol–water partition coefficient (Wildman–Crippen LogP) is 1.60. The summed E-state index contributed by atoms with van der Waals surface area (Å²) in [5.41, 5.74) is 1.72. The number of aromatic nitrogens is 2. The van der Waals surface area contributed by atoms with Gasteiger partial charge in [-0.1, -0.05) is 42.2 Å². The van der Waals surface area contributed by atoms with Gasteiger partial charge >= 0.3 is 0 Å². The number of para-hydroxylation sites is 1. The molecule has 6 nitrogen and oxygen atoms in total. The summed E-state index contributed by atoms with van der Waals surface area (Å²) >= 11 is 6.42. The topological polar surface area (TPSA) is 78.3 Å². The molecular formula is C17H14N3O3S2-. The monoisotopic (exact) mass is 372 g/mol. The SMILES string of the molecule is O=C([O-])CCCN1C(=O)/C(=C\c2cnn(-c3ccccc3)c2)SC1=S. The second kappa shape index (κ2) is 7.62. The van der Waals surface area contributed by atoms with E-state index in [2.05, 4.69) is 5.10 Å². The van der Waals surface area contributed by atoms with Gasteiger partial charge in [-0.25, -0.2) is 4.68 Å². The highest BCUT2D eigenvalue weighted by atomic mass is 32.2. The molecule has 0 atom stereocenters. The zero-order chi connectivity index (χ0) is 17.8. The second-order valence-electron chi connectivity index (χ2n) is 5.36. The lowest BCUT2D eigenvalue weighted by Gasteiger charge is -2.14. The predicted molar refractivity (Wildman–Crippen MR) is 97.7 cm³/mol. The van der Waals surface area contributed by atoms with Crippen molar-refractivity contribution in [1.29, 1.82) is 0 Å². The Bertz CT molecular complexity index is 846. The van der Waals surface area contributed by atoms with E-state index in [0.717, 1.165) is 11.3 Å². The molecule has 0 aliphatic carbocycles. The van der Waals surface area contributed by atoms with Crippen molar-refractivity contribution in [1.82, 2.24) is 14.7 Å². The molecule has 25 heavy (non-hydrogen) atoms. The number of amides is 1. The van der Waals surface area contributed by atoms with Crippen molar-refractivity contribution in [2.24, 2.45) is 0 Å². The van der Waals surface area contributed by atoms with Crippen LogP contribution in [0.4, 0.5) is 0 Å². The minimum absolute atomic E-state index is 0.0973. The molecule has 0 bridgehead atoms. The van der Waals surface area contributed by atoms with Crippen molar-refractivity contribution in [2.45, 2.75) is 12.8 Å². The number of hydrogen-bond acceptors (Lipinski definition) is 6. The van der Waals surface area contributed by atoms with Gasteiger partial charge in [0.1, 0.15) is 4.32 Å². The molecule has 0 N–H and O–H groups in total. The lowest BCUT2D eigenvalue weighted by molar-refractivity contribution is -0.305. The van der Waals surface area contributed by atoms with Crippen LogP contribution in [0.2, 0.25) is 0 Å². The van der Waals surface area contributed by atoms with Crippen LogP contribution in [0.25, 0.3) is 11.8 Å². The highest BCUT2D eigenvalue weighted by molar-refractivity contribution is 8.26. The smallest absolute Gasteiger partial charge is 0.266 e. The van der Waals surface area contributed by atoms with E-state index in [4.69, 9.17) is 12.2 Å². The van der Waals surface area contributed by atoms with Gasteiger partial charge < -0.3 is 9.90 Å². The second-order valence-corrected chi connectivity index (χ2v) is 7.04. The maximum absolute atomic E-state index is 12.4. The van der Waals surface area contributed by atoms with Gasteiger partial charge in [0.15, 0.2) is 0 Å². The third-order valence-electron chi connectivity index (χ3n) is 3.56. The van der Waals surface area contributed by atoms with E-state index in [1.165, 1.54) is 16.7 Å². The Hall–Kier alpha value is -2.45. The molecule has 1 amide bonds. The molecule has 1 aliphatic rings. The van der Waals surface area contributed by atoms with Crippen LogP contribution in [0.5, 0.6) is 0 Å². The van der Waals surface area contributed by atoms with Crippen LogP contribution in [-0.4, -0.2) is 37.4 Å². The zero-order valence-electron chi connectivity index (χ0n) is 13.1. The molecule has 0 unspecified atom stereocenters. The summed E-state index contributed by atoms with van der Waals surface area (Å²) in [7, 11) is 0. The first kappa shape index (κ1) is 17.4. The number of carbonyl (C=O) groups excluding carboxylic acids is 2. The fourth-order valence-electron chi connectivity index (χ4n) is 2.36. The Labute approximate surface area is 154 Å². The summed E-state index contributed by atoms with van der Waals surface area (Å²) in [4.78, 5) is 24.9. The normalized spacial score (nSPS) is 16.0. The van der Waals surface area contributed by atoms with E-state index in [-0.39, 0.29) is 18.9 Å². The molecular weight excluding hydrogens is 358 g/mol. The Balaban J connectivity index is 1.72. The van der Waals surface area contributed by atoms with E-state index < -0.39 is 5.97 Å². The van der Waals surface area contributed by atoms with Crippen molar-refractivity contribution < 1.29 is 14.7 Å². The average molecular weight is 372 g/mol. The molecule has 128 valence electrons. The first-order valence-electron chi connectivity index (χ1n) is 7.60. The number of carboxylic acids is 1. The molecule has 2 heterocycles. The number of nitrogens with zero attached hydrogens (tertiary/aromatic N) is 3. The quantitative estimate of drug-likeness (QED) is 0.566. The van der Waals surface area contributed by atoms with Gasteiger partial charge in [0, 0.05) is 24.3 Å². The third-order valence-corrected chi connectivity index (χ3v) is 4.94. The zero-order valence-corrected chi connectivity index (χ0v) is 14.8. The van der Waals surface area contributed by atoms with Crippen LogP contribution in [0.15, 0.2) is 47.6 Å². The number of aliphatic carboxylic acids is 1. The van der Waals surface area contributed by atoms with Gasteiger partial charge in [-0.2, -0.15) is 5.10 Å². The maximum atomic E-state index is 12.4. The summed E-state index contributed by atoms with van der Waals surface area (Å²) in [5.74, 6) is -1.34. The van der Waals surface area contributed by atoms with Crippen LogP contribution in [0, 0.1) is 0 Å². The molecule has 1 aromatic carbocycles. The van der Waals surface area contributed by atoms with Gasteiger partial charge in [-0.15, -0.1) is 0 Å². The van der Waals surface area contributed by atoms with E-state index in [0.29, 0.717) is 15.6 Å². The summed E-state index contributed by atoms with van der Waals surface area (Å²) in [5, 5.41) is 14.8. The molecule has 2 aromatic rings. The van der Waals surface area contributed by atoms with Gasteiger partial charge in [-0.3, -0.25) is 9.69 Å². The number of thiocarbonyl (C=S) groups is 1.